The first-order chi connectivity index (χ1) is 12.0. The van der Waals surface area contributed by atoms with Gasteiger partial charge >= 0.3 is 5.69 Å². The van der Waals surface area contributed by atoms with Crippen LogP contribution in [0.5, 0.6) is 0 Å². The number of para-hydroxylation sites is 1. The Labute approximate surface area is 143 Å². The third kappa shape index (κ3) is 3.15. The van der Waals surface area contributed by atoms with Crippen LogP contribution in [0.4, 0.5) is 4.39 Å². The van der Waals surface area contributed by atoms with E-state index in [1.807, 2.05) is 6.92 Å². The molecule has 0 unspecified atom stereocenters. The van der Waals surface area contributed by atoms with Gasteiger partial charge in [-0.3, -0.25) is 18.7 Å². The summed E-state index contributed by atoms with van der Waals surface area (Å²) in [7, 11) is 0. The van der Waals surface area contributed by atoms with Gasteiger partial charge in [0.05, 0.1) is 17.4 Å². The zero-order chi connectivity index (χ0) is 18.0. The third-order valence-corrected chi connectivity index (χ3v) is 4.05. The molecule has 0 spiro atoms. The number of hydrogen-bond acceptors (Lipinski definition) is 3. The molecular formula is C19H17FN2O3. The molecule has 0 amide bonds. The minimum atomic E-state index is -0.513. The number of ketones is 1. The maximum absolute atomic E-state index is 13.0. The van der Waals surface area contributed by atoms with Gasteiger partial charge in [-0.1, -0.05) is 19.1 Å². The summed E-state index contributed by atoms with van der Waals surface area (Å²) < 4.78 is 15.5. The number of carbonyl (C=O) groups excluding carboxylic acids is 1. The molecule has 0 radical (unpaired) electrons. The average Bonchev–Trinajstić information content (AvgIpc) is 2.62. The first-order valence-corrected chi connectivity index (χ1v) is 8.04. The van der Waals surface area contributed by atoms with Crippen molar-refractivity contribution in [2.24, 2.45) is 0 Å². The van der Waals surface area contributed by atoms with Crippen LogP contribution in [-0.4, -0.2) is 14.9 Å². The highest BCUT2D eigenvalue weighted by atomic mass is 19.1. The lowest BCUT2D eigenvalue weighted by molar-refractivity contribution is 0.0971. The Bertz CT molecular complexity index is 1050. The van der Waals surface area contributed by atoms with Crippen molar-refractivity contribution < 1.29 is 9.18 Å². The number of carbonyl (C=O) groups is 1. The Balaban J connectivity index is 2.15. The topological polar surface area (TPSA) is 61.1 Å². The lowest BCUT2D eigenvalue weighted by Crippen LogP contribution is -2.41. The van der Waals surface area contributed by atoms with E-state index in [1.165, 1.54) is 28.8 Å². The van der Waals surface area contributed by atoms with Crippen LogP contribution >= 0.6 is 0 Å². The van der Waals surface area contributed by atoms with E-state index in [1.54, 1.807) is 24.3 Å². The minimum absolute atomic E-state index is 0.213. The van der Waals surface area contributed by atoms with Gasteiger partial charge in [0.15, 0.2) is 5.78 Å². The predicted molar refractivity (Wildman–Crippen MR) is 93.5 cm³/mol. The molecule has 0 aliphatic rings. The molecule has 5 nitrogen and oxygen atoms in total. The Hall–Kier alpha value is -3.02. The van der Waals surface area contributed by atoms with Crippen molar-refractivity contribution in [1.82, 2.24) is 9.13 Å². The normalized spacial score (nSPS) is 11.0. The zero-order valence-corrected chi connectivity index (χ0v) is 13.7. The first-order valence-electron chi connectivity index (χ1n) is 8.04. The monoisotopic (exact) mass is 340 g/mol. The Morgan fingerprint density at radius 2 is 1.68 bits per heavy atom. The molecule has 1 aromatic heterocycles. The molecule has 0 saturated carbocycles. The second-order valence-corrected chi connectivity index (χ2v) is 5.77. The molecule has 0 N–H and O–H groups in total. The maximum atomic E-state index is 13.0. The maximum Gasteiger partial charge on any atom is 0.331 e. The van der Waals surface area contributed by atoms with Gasteiger partial charge < -0.3 is 0 Å². The molecule has 2 aromatic carbocycles. The Morgan fingerprint density at radius 3 is 2.36 bits per heavy atom. The van der Waals surface area contributed by atoms with Crippen LogP contribution < -0.4 is 11.2 Å². The van der Waals surface area contributed by atoms with Crippen LogP contribution in [0.25, 0.3) is 10.9 Å². The van der Waals surface area contributed by atoms with Crippen LogP contribution in [0, 0.1) is 5.82 Å². The van der Waals surface area contributed by atoms with E-state index >= 15 is 0 Å². The highest BCUT2D eigenvalue weighted by molar-refractivity contribution is 5.96. The van der Waals surface area contributed by atoms with E-state index in [0.717, 1.165) is 4.57 Å². The van der Waals surface area contributed by atoms with E-state index in [4.69, 9.17) is 0 Å². The lowest BCUT2D eigenvalue weighted by atomic mass is 10.1. The fraction of sp³-hybridized carbons (Fsp3) is 0.211. The number of halogens is 1. The summed E-state index contributed by atoms with van der Waals surface area (Å²) in [6.45, 7) is 1.94. The largest absolute Gasteiger partial charge is 0.331 e. The van der Waals surface area contributed by atoms with Crippen molar-refractivity contribution in [2.45, 2.75) is 26.4 Å². The van der Waals surface area contributed by atoms with Gasteiger partial charge in [0, 0.05) is 12.1 Å². The third-order valence-electron chi connectivity index (χ3n) is 4.05. The summed E-state index contributed by atoms with van der Waals surface area (Å²) in [6, 6.07) is 11.9. The molecule has 128 valence electrons. The highest BCUT2D eigenvalue weighted by Crippen LogP contribution is 2.10. The molecule has 25 heavy (non-hydrogen) atoms. The van der Waals surface area contributed by atoms with Crippen molar-refractivity contribution in [3.8, 4) is 0 Å². The number of rotatable bonds is 5. The fourth-order valence-electron chi connectivity index (χ4n) is 2.82. The van der Waals surface area contributed by atoms with Gasteiger partial charge in [-0.2, -0.15) is 0 Å². The quantitative estimate of drug-likeness (QED) is 0.671. The number of Topliss-reactive ketones (excluding diaryl/α,β-unsaturated/α-hetero) is 1. The van der Waals surface area contributed by atoms with Gasteiger partial charge in [-0.05, 0) is 42.8 Å². The molecule has 3 rings (SSSR count). The summed E-state index contributed by atoms with van der Waals surface area (Å²) in [5.74, 6) is -0.760. The molecule has 3 aromatic rings. The second-order valence-electron chi connectivity index (χ2n) is 5.77. The van der Waals surface area contributed by atoms with Gasteiger partial charge in [-0.15, -0.1) is 0 Å². The molecule has 0 saturated heterocycles. The van der Waals surface area contributed by atoms with E-state index in [2.05, 4.69) is 0 Å². The highest BCUT2D eigenvalue weighted by Gasteiger charge is 2.15. The fourth-order valence-corrected chi connectivity index (χ4v) is 2.82. The predicted octanol–water partition coefficient (Wildman–Crippen LogP) is 2.60. The second kappa shape index (κ2) is 6.84. The molecule has 1 heterocycles. The van der Waals surface area contributed by atoms with Crippen LogP contribution in [0.3, 0.4) is 0 Å². The smallest absolute Gasteiger partial charge is 0.292 e. The Kier molecular flexibility index (Phi) is 4.61. The van der Waals surface area contributed by atoms with E-state index in [9.17, 15) is 18.8 Å². The summed E-state index contributed by atoms with van der Waals surface area (Å²) in [4.78, 5) is 37.7. The van der Waals surface area contributed by atoms with Gasteiger partial charge in [0.1, 0.15) is 5.82 Å². The van der Waals surface area contributed by atoms with Crippen LogP contribution in [0.1, 0.15) is 23.7 Å². The van der Waals surface area contributed by atoms with Crippen molar-refractivity contribution in [3.63, 3.8) is 0 Å². The lowest BCUT2D eigenvalue weighted by Gasteiger charge is -2.13. The van der Waals surface area contributed by atoms with Gasteiger partial charge in [-0.25, -0.2) is 9.18 Å². The molecule has 0 atom stereocenters. The molecule has 0 bridgehead atoms. The first kappa shape index (κ1) is 16.8. The standard InChI is InChI=1S/C19H17FN2O3/c1-2-11-21-18(24)15-5-3-4-6-16(15)22(19(21)25)12-17(23)13-7-9-14(20)10-8-13/h3-10H,2,11-12H2,1H3. The van der Waals surface area contributed by atoms with Crippen LogP contribution in [-0.2, 0) is 13.1 Å². The van der Waals surface area contributed by atoms with Crippen molar-refractivity contribution >= 4 is 16.7 Å². The van der Waals surface area contributed by atoms with E-state index < -0.39 is 11.5 Å². The summed E-state index contributed by atoms with van der Waals surface area (Å²) >= 11 is 0. The van der Waals surface area contributed by atoms with Gasteiger partial charge in [0.25, 0.3) is 5.56 Å². The van der Waals surface area contributed by atoms with Gasteiger partial charge in [0.2, 0.25) is 0 Å². The minimum Gasteiger partial charge on any atom is -0.292 e. The number of nitrogens with zero attached hydrogens (tertiary/aromatic N) is 2. The van der Waals surface area contributed by atoms with E-state index in [0.29, 0.717) is 22.9 Å². The molecule has 0 aliphatic carbocycles. The van der Waals surface area contributed by atoms with Crippen LogP contribution in [0.15, 0.2) is 58.1 Å². The number of fused-ring (bicyclic) bond motifs is 1. The molecule has 0 aliphatic heterocycles. The van der Waals surface area contributed by atoms with Crippen molar-refractivity contribution in [1.29, 1.82) is 0 Å². The Morgan fingerprint density at radius 1 is 1.00 bits per heavy atom. The summed E-state index contributed by atoms with van der Waals surface area (Å²) in [6.07, 6.45) is 0.624. The number of hydrogen-bond donors (Lipinski definition) is 0. The molecule has 0 fully saturated rings. The van der Waals surface area contributed by atoms with Crippen molar-refractivity contribution in [2.75, 3.05) is 0 Å². The zero-order valence-electron chi connectivity index (χ0n) is 13.7. The SMILES string of the molecule is CCCn1c(=O)c2ccccc2n(CC(=O)c2ccc(F)cc2)c1=O. The molecular weight excluding hydrogens is 323 g/mol. The summed E-state index contributed by atoms with van der Waals surface area (Å²) in [5.41, 5.74) is -0.139. The van der Waals surface area contributed by atoms with E-state index in [-0.39, 0.29) is 24.4 Å². The molecule has 6 heteroatoms. The average molecular weight is 340 g/mol. The number of aromatic nitrogens is 2. The summed E-state index contributed by atoms with van der Waals surface area (Å²) in [5, 5.41) is 0.391. The van der Waals surface area contributed by atoms with Crippen molar-refractivity contribution in [3.05, 3.63) is 80.7 Å². The van der Waals surface area contributed by atoms with Crippen LogP contribution in [0.2, 0.25) is 0 Å². The number of benzene rings is 2.